The maximum atomic E-state index is 15.0. The molecule has 2 atom stereocenters. The van der Waals surface area contributed by atoms with Crippen LogP contribution in [-0.2, 0) is 37.8 Å². The largest absolute Gasteiger partial charge is 0.392 e. The molecule has 0 spiro atoms. The van der Waals surface area contributed by atoms with Gasteiger partial charge in [0, 0.05) is 55.3 Å². The Labute approximate surface area is 217 Å². The second kappa shape index (κ2) is 9.20. The van der Waals surface area contributed by atoms with E-state index in [4.69, 9.17) is 0 Å². The van der Waals surface area contributed by atoms with Crippen LogP contribution in [0.3, 0.4) is 0 Å². The molecule has 3 aliphatic rings. The molecule has 0 saturated heterocycles. The standard InChI is InChI=1S/C28H28F2N4O4/c1-32-13-15(8-23(28(32)38)31-26(36)19-12-22(19)30)18-9-16(29)10-25(21(18)14-35)34-7-5-24-20(27(34)37)11-17-4-2-3-6-33(17)24/h8-11,13,19,22,35H,2-7,12,14H2,1H3,(H,31,36)/t19-,22+/m1/s1. The Morgan fingerprint density at radius 2 is 1.89 bits per heavy atom. The lowest BCUT2D eigenvalue weighted by Crippen LogP contribution is -2.38. The van der Waals surface area contributed by atoms with E-state index < -0.39 is 36.0 Å². The third-order valence-corrected chi connectivity index (χ3v) is 7.85. The molecule has 198 valence electrons. The van der Waals surface area contributed by atoms with Crippen LogP contribution in [0.4, 0.5) is 20.2 Å². The van der Waals surface area contributed by atoms with E-state index in [1.165, 1.54) is 40.9 Å². The SMILES string of the molecule is Cn1cc(-c2cc(F)cc(N3CCc4c(cc5n4CCCC5)C3=O)c2CO)cc(NC(=O)[C@@H]2C[C@@H]2F)c1=O. The minimum absolute atomic E-state index is 0.0677. The summed E-state index contributed by atoms with van der Waals surface area (Å²) in [6.07, 6.45) is 4.06. The van der Waals surface area contributed by atoms with Gasteiger partial charge in [0.25, 0.3) is 11.5 Å². The first-order valence-corrected chi connectivity index (χ1v) is 12.9. The number of rotatable bonds is 5. The van der Waals surface area contributed by atoms with E-state index in [-0.39, 0.29) is 29.3 Å². The zero-order valence-electron chi connectivity index (χ0n) is 21.0. The number of alkyl halides is 1. The Hall–Kier alpha value is -3.79. The van der Waals surface area contributed by atoms with Crippen LogP contribution in [-0.4, -0.2) is 38.8 Å². The van der Waals surface area contributed by atoms with Crippen molar-refractivity contribution in [3.05, 3.63) is 69.1 Å². The minimum Gasteiger partial charge on any atom is -0.392 e. The smallest absolute Gasteiger partial charge is 0.274 e. The second-order valence-electron chi connectivity index (χ2n) is 10.3. The Balaban J connectivity index is 1.40. The fourth-order valence-corrected chi connectivity index (χ4v) is 5.75. The normalized spacial score (nSPS) is 20.2. The molecular formula is C28H28F2N4O4. The Morgan fingerprint density at radius 3 is 2.63 bits per heavy atom. The van der Waals surface area contributed by atoms with Gasteiger partial charge >= 0.3 is 0 Å². The van der Waals surface area contributed by atoms with Gasteiger partial charge in [-0.15, -0.1) is 0 Å². The van der Waals surface area contributed by atoms with Crippen LogP contribution < -0.4 is 15.8 Å². The van der Waals surface area contributed by atoms with Gasteiger partial charge in [0.05, 0.1) is 23.8 Å². The Kier molecular flexibility index (Phi) is 5.94. The van der Waals surface area contributed by atoms with Crippen molar-refractivity contribution in [2.24, 2.45) is 13.0 Å². The van der Waals surface area contributed by atoms with Gasteiger partial charge in [-0.1, -0.05) is 0 Å². The summed E-state index contributed by atoms with van der Waals surface area (Å²) in [5, 5.41) is 12.9. The molecule has 38 heavy (non-hydrogen) atoms. The van der Waals surface area contributed by atoms with Gasteiger partial charge in [0.1, 0.15) is 17.7 Å². The first-order chi connectivity index (χ1) is 18.3. The fourth-order valence-electron chi connectivity index (χ4n) is 5.75. The Bertz CT molecular complexity index is 1540. The third kappa shape index (κ3) is 4.03. The molecule has 0 bridgehead atoms. The zero-order chi connectivity index (χ0) is 26.7. The number of hydrogen-bond acceptors (Lipinski definition) is 4. The summed E-state index contributed by atoms with van der Waals surface area (Å²) in [4.78, 5) is 40.1. The van der Waals surface area contributed by atoms with Crippen LogP contribution in [0.2, 0.25) is 0 Å². The molecule has 1 saturated carbocycles. The molecular weight excluding hydrogens is 494 g/mol. The van der Waals surface area contributed by atoms with E-state index in [0.717, 1.165) is 37.2 Å². The van der Waals surface area contributed by atoms with Gasteiger partial charge < -0.3 is 24.5 Å². The van der Waals surface area contributed by atoms with E-state index in [1.807, 2.05) is 6.07 Å². The summed E-state index contributed by atoms with van der Waals surface area (Å²) >= 11 is 0. The van der Waals surface area contributed by atoms with E-state index in [2.05, 4.69) is 9.88 Å². The molecule has 2 amide bonds. The molecule has 10 heteroatoms. The fraction of sp³-hybridized carbons (Fsp3) is 0.393. The molecule has 8 nitrogen and oxygen atoms in total. The van der Waals surface area contributed by atoms with Crippen LogP contribution in [0, 0.1) is 11.7 Å². The average molecular weight is 523 g/mol. The number of halogens is 2. The molecule has 3 aromatic rings. The van der Waals surface area contributed by atoms with Gasteiger partial charge in [0.2, 0.25) is 5.91 Å². The first kappa shape index (κ1) is 24.5. The van der Waals surface area contributed by atoms with Crippen LogP contribution in [0.25, 0.3) is 11.1 Å². The first-order valence-electron chi connectivity index (χ1n) is 12.9. The topological polar surface area (TPSA) is 96.6 Å². The maximum absolute atomic E-state index is 15.0. The third-order valence-electron chi connectivity index (χ3n) is 7.85. The number of amides is 2. The lowest BCUT2D eigenvalue weighted by molar-refractivity contribution is -0.117. The monoisotopic (exact) mass is 522 g/mol. The number of pyridine rings is 1. The van der Waals surface area contributed by atoms with Gasteiger partial charge in [-0.3, -0.25) is 14.4 Å². The maximum Gasteiger partial charge on any atom is 0.274 e. The van der Waals surface area contributed by atoms with Crippen molar-refractivity contribution >= 4 is 23.2 Å². The summed E-state index contributed by atoms with van der Waals surface area (Å²) in [6, 6.07) is 5.81. The van der Waals surface area contributed by atoms with Gasteiger partial charge in [-0.2, -0.15) is 0 Å². The summed E-state index contributed by atoms with van der Waals surface area (Å²) in [7, 11) is 1.49. The molecule has 4 heterocycles. The van der Waals surface area contributed by atoms with Crippen molar-refractivity contribution in [1.29, 1.82) is 0 Å². The molecule has 0 radical (unpaired) electrons. The molecule has 2 aliphatic heterocycles. The zero-order valence-corrected chi connectivity index (χ0v) is 21.0. The van der Waals surface area contributed by atoms with Crippen LogP contribution >= 0.6 is 0 Å². The number of benzene rings is 1. The highest BCUT2D eigenvalue weighted by Gasteiger charge is 2.44. The highest BCUT2D eigenvalue weighted by molar-refractivity contribution is 6.09. The predicted octanol–water partition coefficient (Wildman–Crippen LogP) is 3.32. The van der Waals surface area contributed by atoms with Crippen molar-refractivity contribution in [1.82, 2.24) is 9.13 Å². The molecule has 2 aromatic heterocycles. The number of hydrogen-bond donors (Lipinski definition) is 2. The molecule has 1 fully saturated rings. The van der Waals surface area contributed by atoms with Gasteiger partial charge in [-0.05, 0) is 55.5 Å². The summed E-state index contributed by atoms with van der Waals surface area (Å²) in [5.74, 6) is -2.22. The Morgan fingerprint density at radius 1 is 1.11 bits per heavy atom. The minimum atomic E-state index is -1.22. The van der Waals surface area contributed by atoms with E-state index >= 15 is 4.39 Å². The van der Waals surface area contributed by atoms with Gasteiger partial charge in [-0.25, -0.2) is 8.78 Å². The predicted molar refractivity (Wildman–Crippen MR) is 137 cm³/mol. The number of carbonyl (C=O) groups excluding carboxylic acids is 2. The van der Waals surface area contributed by atoms with Crippen LogP contribution in [0.1, 0.15) is 46.6 Å². The number of nitrogens with zero attached hydrogens (tertiary/aromatic N) is 3. The highest BCUT2D eigenvalue weighted by Crippen LogP contribution is 2.38. The van der Waals surface area contributed by atoms with E-state index in [0.29, 0.717) is 29.7 Å². The number of anilines is 2. The van der Waals surface area contributed by atoms with Crippen molar-refractivity contribution in [2.75, 3.05) is 16.8 Å². The second-order valence-corrected chi connectivity index (χ2v) is 10.3. The van der Waals surface area contributed by atoms with Crippen molar-refractivity contribution in [3.63, 3.8) is 0 Å². The summed E-state index contributed by atoms with van der Waals surface area (Å²) < 4.78 is 31.9. The number of aryl methyl sites for hydroxylation is 2. The lowest BCUT2D eigenvalue weighted by atomic mass is 9.96. The number of aliphatic hydroxyl groups excluding tert-OH is 1. The lowest BCUT2D eigenvalue weighted by Gasteiger charge is -2.30. The van der Waals surface area contributed by atoms with Crippen LogP contribution in [0.5, 0.6) is 0 Å². The van der Waals surface area contributed by atoms with E-state index in [1.54, 1.807) is 0 Å². The van der Waals surface area contributed by atoms with E-state index in [9.17, 15) is 23.9 Å². The summed E-state index contributed by atoms with van der Waals surface area (Å²) in [6.45, 7) is 0.748. The van der Waals surface area contributed by atoms with Crippen molar-refractivity contribution < 1.29 is 23.5 Å². The number of aliphatic hydroxyl groups is 1. The van der Waals surface area contributed by atoms with Crippen molar-refractivity contribution in [2.45, 2.75) is 51.4 Å². The highest BCUT2D eigenvalue weighted by atomic mass is 19.1. The molecule has 1 aromatic carbocycles. The molecule has 6 rings (SSSR count). The number of carbonyl (C=O) groups is 2. The van der Waals surface area contributed by atoms with Crippen molar-refractivity contribution in [3.8, 4) is 11.1 Å². The van der Waals surface area contributed by atoms with Crippen LogP contribution in [0.15, 0.2) is 35.3 Å². The van der Waals surface area contributed by atoms with Gasteiger partial charge in [0.15, 0.2) is 0 Å². The number of aromatic nitrogens is 2. The molecule has 0 unspecified atom stereocenters. The summed E-state index contributed by atoms with van der Waals surface area (Å²) in [5.41, 5.74) is 3.44. The molecule has 2 N–H and O–H groups in total. The quantitative estimate of drug-likeness (QED) is 0.538. The molecule has 1 aliphatic carbocycles. The average Bonchev–Trinajstić information content (AvgIpc) is 3.51. The number of fused-ring (bicyclic) bond motifs is 3. The number of nitrogens with one attached hydrogen (secondary N) is 1.